The van der Waals surface area contributed by atoms with E-state index in [0.717, 1.165) is 11.6 Å². The van der Waals surface area contributed by atoms with Crippen molar-refractivity contribution in [3.8, 4) is 0 Å². The second-order valence-corrected chi connectivity index (χ2v) is 5.69. The first-order valence-electron chi connectivity index (χ1n) is 6.54. The van der Waals surface area contributed by atoms with E-state index < -0.39 is 11.6 Å². The molecule has 0 spiro atoms. The monoisotopic (exact) mass is 329 g/mol. The van der Waals surface area contributed by atoms with Crippen molar-refractivity contribution >= 4 is 23.2 Å². The van der Waals surface area contributed by atoms with Gasteiger partial charge in [-0.15, -0.1) is 0 Å². The molecule has 0 heterocycles. The Kier molecular flexibility index (Phi) is 5.57. The van der Waals surface area contributed by atoms with Crippen LogP contribution in [0.3, 0.4) is 0 Å². The molecule has 5 heteroatoms. The summed E-state index contributed by atoms with van der Waals surface area (Å²) in [6, 6.07) is 9.09. The van der Waals surface area contributed by atoms with Crippen molar-refractivity contribution in [2.24, 2.45) is 0 Å². The van der Waals surface area contributed by atoms with Gasteiger partial charge in [0.2, 0.25) is 0 Å². The maximum absolute atomic E-state index is 13.7. The first-order chi connectivity index (χ1) is 9.99. The normalized spacial score (nSPS) is 12.4. The molecule has 2 rings (SSSR count). The summed E-state index contributed by atoms with van der Waals surface area (Å²) in [5.41, 5.74) is 1.49. The SMILES string of the molecule is CNC(Cc1ccc(Cl)c(Cl)c1)Cc1ccc(F)cc1F. The third kappa shape index (κ3) is 4.40. The third-order valence-electron chi connectivity index (χ3n) is 3.36. The van der Waals surface area contributed by atoms with E-state index in [-0.39, 0.29) is 6.04 Å². The molecule has 21 heavy (non-hydrogen) atoms. The van der Waals surface area contributed by atoms with Gasteiger partial charge in [0.25, 0.3) is 0 Å². The fraction of sp³-hybridized carbons (Fsp3) is 0.250. The molecule has 0 radical (unpaired) electrons. The maximum atomic E-state index is 13.7. The van der Waals surface area contributed by atoms with E-state index in [1.165, 1.54) is 12.1 Å². The summed E-state index contributed by atoms with van der Waals surface area (Å²) in [5.74, 6) is -1.09. The number of benzene rings is 2. The van der Waals surface area contributed by atoms with Crippen molar-refractivity contribution < 1.29 is 8.78 Å². The molecule has 0 saturated carbocycles. The fourth-order valence-electron chi connectivity index (χ4n) is 2.18. The average Bonchev–Trinajstić information content (AvgIpc) is 2.44. The molecule has 0 fully saturated rings. The highest BCUT2D eigenvalue weighted by atomic mass is 35.5. The van der Waals surface area contributed by atoms with Gasteiger partial charge in [0.05, 0.1) is 10.0 Å². The fourth-order valence-corrected chi connectivity index (χ4v) is 2.50. The lowest BCUT2D eigenvalue weighted by molar-refractivity contribution is 0.524. The van der Waals surface area contributed by atoms with Crippen molar-refractivity contribution in [1.82, 2.24) is 5.32 Å². The molecule has 1 unspecified atom stereocenters. The van der Waals surface area contributed by atoms with E-state index >= 15 is 0 Å². The Morgan fingerprint density at radius 3 is 2.38 bits per heavy atom. The van der Waals surface area contributed by atoms with Crippen molar-refractivity contribution in [3.05, 3.63) is 69.2 Å². The lowest BCUT2D eigenvalue weighted by atomic mass is 9.99. The van der Waals surface area contributed by atoms with Crippen LogP contribution in [0.5, 0.6) is 0 Å². The number of hydrogen-bond donors (Lipinski definition) is 1. The molecule has 0 saturated heterocycles. The highest BCUT2D eigenvalue weighted by molar-refractivity contribution is 6.42. The summed E-state index contributed by atoms with van der Waals surface area (Å²) in [6.07, 6.45) is 1.13. The molecular formula is C16H15Cl2F2N. The maximum Gasteiger partial charge on any atom is 0.129 e. The minimum absolute atomic E-state index is 0.0159. The molecule has 2 aromatic rings. The number of hydrogen-bond acceptors (Lipinski definition) is 1. The van der Waals surface area contributed by atoms with Crippen LogP contribution in [0.2, 0.25) is 10.0 Å². The van der Waals surface area contributed by atoms with Gasteiger partial charge in [-0.05, 0) is 49.2 Å². The summed E-state index contributed by atoms with van der Waals surface area (Å²) < 4.78 is 26.6. The van der Waals surface area contributed by atoms with Gasteiger partial charge < -0.3 is 5.32 Å². The van der Waals surface area contributed by atoms with E-state index in [1.807, 2.05) is 13.1 Å². The average molecular weight is 330 g/mol. The summed E-state index contributed by atoms with van der Waals surface area (Å²) in [5, 5.41) is 4.14. The van der Waals surface area contributed by atoms with Crippen LogP contribution in [-0.4, -0.2) is 13.1 Å². The Bertz CT molecular complexity index is 632. The number of nitrogens with one attached hydrogen (secondary N) is 1. The Hall–Kier alpha value is -1.16. The molecule has 1 atom stereocenters. The van der Waals surface area contributed by atoms with Gasteiger partial charge in [-0.3, -0.25) is 0 Å². The molecule has 0 aliphatic carbocycles. The quantitative estimate of drug-likeness (QED) is 0.842. The van der Waals surface area contributed by atoms with E-state index in [1.54, 1.807) is 12.1 Å². The topological polar surface area (TPSA) is 12.0 Å². The molecular weight excluding hydrogens is 315 g/mol. The first-order valence-corrected chi connectivity index (χ1v) is 7.30. The zero-order valence-corrected chi connectivity index (χ0v) is 13.0. The van der Waals surface area contributed by atoms with Crippen molar-refractivity contribution in [1.29, 1.82) is 0 Å². The van der Waals surface area contributed by atoms with Crippen LogP contribution < -0.4 is 5.32 Å². The van der Waals surface area contributed by atoms with Crippen molar-refractivity contribution in [2.75, 3.05) is 7.05 Å². The number of likely N-dealkylation sites (N-methyl/N-ethyl adjacent to an activating group) is 1. The summed E-state index contributed by atoms with van der Waals surface area (Å²) in [7, 11) is 1.81. The van der Waals surface area contributed by atoms with Crippen molar-refractivity contribution in [2.45, 2.75) is 18.9 Å². The van der Waals surface area contributed by atoms with Gasteiger partial charge in [0.15, 0.2) is 0 Å². The molecule has 1 N–H and O–H groups in total. The smallest absolute Gasteiger partial charge is 0.129 e. The van der Waals surface area contributed by atoms with Gasteiger partial charge in [-0.1, -0.05) is 35.3 Å². The minimum Gasteiger partial charge on any atom is -0.316 e. The highest BCUT2D eigenvalue weighted by Crippen LogP contribution is 2.23. The third-order valence-corrected chi connectivity index (χ3v) is 4.09. The standard InChI is InChI=1S/C16H15Cl2F2N/c1-21-13(6-10-2-5-14(17)15(18)7-10)8-11-3-4-12(19)9-16(11)20/h2-5,7,9,13,21H,6,8H2,1H3. The van der Waals surface area contributed by atoms with Crippen LogP contribution in [0.1, 0.15) is 11.1 Å². The number of rotatable bonds is 5. The molecule has 1 nitrogen and oxygen atoms in total. The van der Waals surface area contributed by atoms with E-state index in [9.17, 15) is 8.78 Å². The second kappa shape index (κ2) is 7.21. The Labute approximate surface area is 132 Å². The Morgan fingerprint density at radius 1 is 1.00 bits per heavy atom. The van der Waals surface area contributed by atoms with Crippen LogP contribution in [0.15, 0.2) is 36.4 Å². The predicted octanol–water partition coefficient (Wildman–Crippen LogP) is 4.64. The van der Waals surface area contributed by atoms with E-state index in [4.69, 9.17) is 23.2 Å². The highest BCUT2D eigenvalue weighted by Gasteiger charge is 2.13. The van der Waals surface area contributed by atoms with Crippen LogP contribution >= 0.6 is 23.2 Å². The second-order valence-electron chi connectivity index (χ2n) is 4.88. The minimum atomic E-state index is -0.568. The summed E-state index contributed by atoms with van der Waals surface area (Å²) >= 11 is 11.9. The first kappa shape index (κ1) is 16.2. The van der Waals surface area contributed by atoms with Crippen LogP contribution in [0.25, 0.3) is 0 Å². The molecule has 0 aliphatic rings. The van der Waals surface area contributed by atoms with E-state index in [2.05, 4.69) is 5.32 Å². The molecule has 0 amide bonds. The largest absolute Gasteiger partial charge is 0.316 e. The van der Waals surface area contributed by atoms with Crippen molar-refractivity contribution in [3.63, 3.8) is 0 Å². The molecule has 2 aromatic carbocycles. The lowest BCUT2D eigenvalue weighted by Crippen LogP contribution is -2.30. The zero-order valence-electron chi connectivity index (χ0n) is 11.5. The summed E-state index contributed by atoms with van der Waals surface area (Å²) in [4.78, 5) is 0. The lowest BCUT2D eigenvalue weighted by Gasteiger charge is -2.17. The van der Waals surface area contributed by atoms with Gasteiger partial charge in [-0.25, -0.2) is 8.78 Å². The molecule has 0 aliphatic heterocycles. The summed E-state index contributed by atoms with van der Waals surface area (Å²) in [6.45, 7) is 0. The van der Waals surface area contributed by atoms with Crippen LogP contribution in [0.4, 0.5) is 8.78 Å². The number of halogens is 4. The zero-order chi connectivity index (χ0) is 15.4. The van der Waals surface area contributed by atoms with Crippen LogP contribution in [-0.2, 0) is 12.8 Å². The molecule has 0 bridgehead atoms. The Balaban J connectivity index is 2.10. The van der Waals surface area contributed by atoms with E-state index in [0.29, 0.717) is 28.5 Å². The van der Waals surface area contributed by atoms with Crippen LogP contribution in [0, 0.1) is 11.6 Å². The predicted molar refractivity (Wildman–Crippen MR) is 83.1 cm³/mol. The van der Waals surface area contributed by atoms with Gasteiger partial charge in [-0.2, -0.15) is 0 Å². The molecule has 112 valence electrons. The van der Waals surface area contributed by atoms with Gasteiger partial charge >= 0.3 is 0 Å². The van der Waals surface area contributed by atoms with Gasteiger partial charge in [0.1, 0.15) is 11.6 Å². The van der Waals surface area contributed by atoms with Gasteiger partial charge in [0, 0.05) is 12.1 Å². The Morgan fingerprint density at radius 2 is 1.76 bits per heavy atom. The molecule has 0 aromatic heterocycles.